The summed E-state index contributed by atoms with van der Waals surface area (Å²) in [5.41, 5.74) is -0.468. The number of unbranched alkanes of at least 4 members (excludes halogenated alkanes) is 4. The van der Waals surface area contributed by atoms with Crippen LogP contribution < -0.4 is 0 Å². The molecule has 0 aromatic rings. The molecular weight excluding hydrogens is 260 g/mol. The molecule has 0 N–H and O–H groups in total. The van der Waals surface area contributed by atoms with Gasteiger partial charge in [0.1, 0.15) is 5.60 Å². The first kappa shape index (κ1) is 18.7. The van der Waals surface area contributed by atoms with Crippen molar-refractivity contribution in [2.45, 2.75) is 103 Å². The highest BCUT2D eigenvalue weighted by molar-refractivity contribution is 5.88. The van der Waals surface area contributed by atoms with Crippen molar-refractivity contribution in [3.8, 4) is 0 Å². The molecule has 2 heteroatoms. The molecule has 124 valence electrons. The fourth-order valence-electron chi connectivity index (χ4n) is 4.14. The molecule has 0 bridgehead atoms. The van der Waals surface area contributed by atoms with E-state index in [2.05, 4.69) is 20.8 Å². The third-order valence-corrected chi connectivity index (χ3v) is 5.62. The number of carbonyl (C=O) groups excluding carboxylic acids is 1. The Bertz CT molecular complexity index is 313. The van der Waals surface area contributed by atoms with Gasteiger partial charge in [0, 0.05) is 18.9 Å². The van der Waals surface area contributed by atoms with Crippen LogP contribution in [0.3, 0.4) is 0 Å². The quantitative estimate of drug-likeness (QED) is 0.485. The minimum atomic E-state index is -0.507. The molecule has 21 heavy (non-hydrogen) atoms. The number of Topliss-reactive ketones (excluding diaryl/α,β-unsaturated/α-hetero) is 1. The normalized spacial score (nSPS) is 29.5. The molecule has 1 saturated carbocycles. The van der Waals surface area contributed by atoms with Gasteiger partial charge in [0.05, 0.1) is 0 Å². The third kappa shape index (κ3) is 4.31. The van der Waals surface area contributed by atoms with Gasteiger partial charge in [-0.15, -0.1) is 0 Å². The molecule has 0 aromatic carbocycles. The van der Waals surface area contributed by atoms with Gasteiger partial charge in [0.25, 0.3) is 0 Å². The Morgan fingerprint density at radius 1 is 1.00 bits per heavy atom. The molecule has 2 atom stereocenters. The van der Waals surface area contributed by atoms with Crippen LogP contribution in [0.2, 0.25) is 0 Å². The lowest BCUT2D eigenvalue weighted by atomic mass is 9.59. The van der Waals surface area contributed by atoms with Gasteiger partial charge in [0.15, 0.2) is 5.78 Å². The van der Waals surface area contributed by atoms with Gasteiger partial charge >= 0.3 is 0 Å². The monoisotopic (exact) mass is 296 g/mol. The molecule has 1 rings (SSSR count). The molecule has 1 fully saturated rings. The van der Waals surface area contributed by atoms with Crippen molar-refractivity contribution in [2.75, 3.05) is 7.11 Å². The Balaban J connectivity index is 2.78. The molecule has 1 aliphatic carbocycles. The maximum atomic E-state index is 13.0. The fourth-order valence-corrected chi connectivity index (χ4v) is 4.14. The number of ether oxygens (including phenoxy) is 1. The zero-order valence-corrected chi connectivity index (χ0v) is 14.8. The highest BCUT2D eigenvalue weighted by Gasteiger charge is 2.53. The lowest BCUT2D eigenvalue weighted by Crippen LogP contribution is -2.56. The average molecular weight is 296 g/mol. The van der Waals surface area contributed by atoms with Crippen LogP contribution in [0, 0.1) is 5.41 Å². The molecule has 0 amide bonds. The molecule has 0 heterocycles. The number of carbonyl (C=O) groups is 1. The van der Waals surface area contributed by atoms with Crippen molar-refractivity contribution in [2.24, 2.45) is 5.41 Å². The maximum absolute atomic E-state index is 13.0. The van der Waals surface area contributed by atoms with Crippen LogP contribution in [-0.4, -0.2) is 18.5 Å². The zero-order valence-electron chi connectivity index (χ0n) is 14.8. The summed E-state index contributed by atoms with van der Waals surface area (Å²) >= 11 is 0. The fraction of sp³-hybridized carbons (Fsp3) is 0.947. The second-order valence-corrected chi connectivity index (χ2v) is 7.14. The van der Waals surface area contributed by atoms with Gasteiger partial charge in [0.2, 0.25) is 0 Å². The Kier molecular flexibility index (Phi) is 7.94. The predicted molar refractivity (Wildman–Crippen MR) is 89.6 cm³/mol. The van der Waals surface area contributed by atoms with E-state index in [-0.39, 0.29) is 5.41 Å². The maximum Gasteiger partial charge on any atom is 0.165 e. The molecule has 0 saturated heterocycles. The summed E-state index contributed by atoms with van der Waals surface area (Å²) in [4.78, 5) is 13.0. The molecule has 0 radical (unpaired) electrons. The number of rotatable bonds is 10. The van der Waals surface area contributed by atoms with Crippen molar-refractivity contribution < 1.29 is 9.53 Å². The third-order valence-electron chi connectivity index (χ3n) is 5.62. The van der Waals surface area contributed by atoms with Gasteiger partial charge in [-0.1, -0.05) is 65.7 Å². The Labute approximate surface area is 132 Å². The highest BCUT2D eigenvalue weighted by atomic mass is 16.5. The van der Waals surface area contributed by atoms with Gasteiger partial charge in [-0.2, -0.15) is 0 Å². The van der Waals surface area contributed by atoms with E-state index in [4.69, 9.17) is 4.74 Å². The summed E-state index contributed by atoms with van der Waals surface area (Å²) in [5.74, 6) is 0.374. The van der Waals surface area contributed by atoms with Crippen molar-refractivity contribution in [1.82, 2.24) is 0 Å². The first-order valence-corrected chi connectivity index (χ1v) is 9.14. The molecule has 2 unspecified atom stereocenters. The molecule has 0 aromatic heterocycles. The molecule has 1 aliphatic rings. The largest absolute Gasteiger partial charge is 0.370 e. The van der Waals surface area contributed by atoms with E-state index in [0.717, 1.165) is 32.1 Å². The summed E-state index contributed by atoms with van der Waals surface area (Å²) in [6, 6.07) is 0. The van der Waals surface area contributed by atoms with Crippen LogP contribution >= 0.6 is 0 Å². The van der Waals surface area contributed by atoms with E-state index >= 15 is 0 Å². The molecule has 2 nitrogen and oxygen atoms in total. The second kappa shape index (κ2) is 8.92. The first-order valence-electron chi connectivity index (χ1n) is 9.14. The summed E-state index contributed by atoms with van der Waals surface area (Å²) in [5, 5.41) is 0. The lowest BCUT2D eigenvalue weighted by Gasteiger charge is -2.50. The van der Waals surface area contributed by atoms with Gasteiger partial charge in [-0.25, -0.2) is 0 Å². The zero-order chi connectivity index (χ0) is 15.8. The van der Waals surface area contributed by atoms with E-state index in [9.17, 15) is 4.79 Å². The number of methoxy groups -OCH3 is 1. The number of hydrogen-bond donors (Lipinski definition) is 0. The van der Waals surface area contributed by atoms with Crippen molar-refractivity contribution in [1.29, 1.82) is 0 Å². The van der Waals surface area contributed by atoms with Crippen molar-refractivity contribution >= 4 is 5.78 Å². The van der Waals surface area contributed by atoms with E-state index < -0.39 is 5.60 Å². The van der Waals surface area contributed by atoms with Crippen molar-refractivity contribution in [3.05, 3.63) is 0 Å². The van der Waals surface area contributed by atoms with Crippen LogP contribution in [-0.2, 0) is 9.53 Å². The number of ketones is 1. The van der Waals surface area contributed by atoms with Crippen LogP contribution in [0.1, 0.15) is 97.8 Å². The van der Waals surface area contributed by atoms with E-state index in [1.807, 2.05) is 0 Å². The molecular formula is C19H36O2. The van der Waals surface area contributed by atoms with Gasteiger partial charge in [-0.3, -0.25) is 4.79 Å². The Hall–Kier alpha value is -0.370. The highest BCUT2D eigenvalue weighted by Crippen LogP contribution is 2.50. The Morgan fingerprint density at radius 2 is 1.67 bits per heavy atom. The Morgan fingerprint density at radius 3 is 2.29 bits per heavy atom. The van der Waals surface area contributed by atoms with Gasteiger partial charge in [-0.05, 0) is 25.7 Å². The van der Waals surface area contributed by atoms with E-state index in [1.54, 1.807) is 7.11 Å². The minimum absolute atomic E-state index is 0.0395. The SMILES string of the molecule is CCCCCCC(=O)C1(OC)CCCCC1(C)CCCC. The van der Waals surface area contributed by atoms with Gasteiger partial charge < -0.3 is 4.74 Å². The standard InChI is InChI=1S/C19H36O2/c1-5-7-9-10-13-17(20)19(21-4)16-12-11-15-18(19,3)14-8-6-2/h5-16H2,1-4H3. The minimum Gasteiger partial charge on any atom is -0.370 e. The van der Waals surface area contributed by atoms with E-state index in [0.29, 0.717) is 12.2 Å². The summed E-state index contributed by atoms with van der Waals surface area (Å²) < 4.78 is 5.96. The van der Waals surface area contributed by atoms with Crippen LogP contribution in [0.15, 0.2) is 0 Å². The number of hydrogen-bond acceptors (Lipinski definition) is 2. The molecule has 0 spiro atoms. The van der Waals surface area contributed by atoms with Crippen LogP contribution in [0.4, 0.5) is 0 Å². The first-order chi connectivity index (χ1) is 10.1. The summed E-state index contributed by atoms with van der Waals surface area (Å²) in [6.07, 6.45) is 13.3. The predicted octanol–water partition coefficient (Wildman–Crippen LogP) is 5.68. The smallest absolute Gasteiger partial charge is 0.165 e. The lowest BCUT2D eigenvalue weighted by molar-refractivity contribution is -0.170. The van der Waals surface area contributed by atoms with Crippen LogP contribution in [0.25, 0.3) is 0 Å². The van der Waals surface area contributed by atoms with Crippen LogP contribution in [0.5, 0.6) is 0 Å². The molecule has 0 aliphatic heterocycles. The van der Waals surface area contributed by atoms with E-state index in [1.165, 1.54) is 38.5 Å². The average Bonchev–Trinajstić information content (AvgIpc) is 2.50. The summed E-state index contributed by atoms with van der Waals surface area (Å²) in [6.45, 7) is 6.74. The topological polar surface area (TPSA) is 26.3 Å². The second-order valence-electron chi connectivity index (χ2n) is 7.14. The van der Waals surface area contributed by atoms with Crippen molar-refractivity contribution in [3.63, 3.8) is 0 Å². The summed E-state index contributed by atoms with van der Waals surface area (Å²) in [7, 11) is 1.76.